The fourth-order valence-electron chi connectivity index (χ4n) is 2.53. The first-order chi connectivity index (χ1) is 8.81. The third-order valence-electron chi connectivity index (χ3n) is 3.48. The van der Waals surface area contributed by atoms with Gasteiger partial charge in [0.2, 0.25) is 5.95 Å². The maximum atomic E-state index is 5.93. The molecule has 0 aliphatic heterocycles. The molecular weight excluding hydrogens is 248 g/mol. The molecular formula is C13H17ClN4. The number of fused-ring (bicyclic) bond motifs is 1. The number of pyridine rings is 1. The summed E-state index contributed by atoms with van der Waals surface area (Å²) in [4.78, 5) is 4.46. The number of halogens is 1. The lowest BCUT2D eigenvalue weighted by molar-refractivity contribution is 0.615. The highest BCUT2D eigenvalue weighted by Crippen LogP contribution is 2.20. The van der Waals surface area contributed by atoms with Gasteiger partial charge < -0.3 is 5.32 Å². The molecule has 1 aliphatic carbocycles. The van der Waals surface area contributed by atoms with Gasteiger partial charge in [0.1, 0.15) is 0 Å². The van der Waals surface area contributed by atoms with Gasteiger partial charge in [-0.05, 0) is 25.0 Å². The zero-order valence-corrected chi connectivity index (χ0v) is 11.0. The van der Waals surface area contributed by atoms with E-state index in [1.807, 2.05) is 12.1 Å². The van der Waals surface area contributed by atoms with Crippen molar-refractivity contribution in [2.24, 2.45) is 0 Å². The SMILES string of the molecule is Clc1ccc2nc(NC3CCCCCC3)nn2c1. The minimum atomic E-state index is 0.514. The van der Waals surface area contributed by atoms with Crippen LogP contribution in [0.1, 0.15) is 38.5 Å². The fourth-order valence-corrected chi connectivity index (χ4v) is 2.68. The number of rotatable bonds is 2. The minimum Gasteiger partial charge on any atom is -0.350 e. The first-order valence-electron chi connectivity index (χ1n) is 6.60. The molecule has 2 aromatic heterocycles. The Kier molecular flexibility index (Phi) is 3.37. The molecule has 0 amide bonds. The average molecular weight is 265 g/mol. The van der Waals surface area contributed by atoms with Crippen LogP contribution in [-0.4, -0.2) is 20.6 Å². The average Bonchev–Trinajstić information content (AvgIpc) is 2.57. The summed E-state index contributed by atoms with van der Waals surface area (Å²) in [6.45, 7) is 0. The van der Waals surface area contributed by atoms with Crippen molar-refractivity contribution in [1.82, 2.24) is 14.6 Å². The van der Waals surface area contributed by atoms with Gasteiger partial charge in [-0.2, -0.15) is 4.98 Å². The van der Waals surface area contributed by atoms with E-state index in [2.05, 4.69) is 15.4 Å². The summed E-state index contributed by atoms with van der Waals surface area (Å²) in [7, 11) is 0. The molecule has 0 bridgehead atoms. The molecule has 1 fully saturated rings. The van der Waals surface area contributed by atoms with Gasteiger partial charge in [0.05, 0.1) is 5.02 Å². The highest BCUT2D eigenvalue weighted by molar-refractivity contribution is 6.30. The second-order valence-corrected chi connectivity index (χ2v) is 5.35. The first kappa shape index (κ1) is 11.8. The molecule has 1 aliphatic rings. The smallest absolute Gasteiger partial charge is 0.243 e. The van der Waals surface area contributed by atoms with Gasteiger partial charge in [-0.3, -0.25) is 0 Å². The quantitative estimate of drug-likeness (QED) is 0.844. The Labute approximate surface area is 111 Å². The number of hydrogen-bond acceptors (Lipinski definition) is 3. The predicted molar refractivity (Wildman–Crippen MR) is 73.1 cm³/mol. The maximum absolute atomic E-state index is 5.93. The Balaban J connectivity index is 1.77. The van der Waals surface area contributed by atoms with E-state index in [0.29, 0.717) is 17.0 Å². The zero-order chi connectivity index (χ0) is 12.4. The standard InChI is InChI=1S/C13H17ClN4/c14-10-7-8-12-16-13(17-18(12)9-10)15-11-5-3-1-2-4-6-11/h7-9,11H,1-6H2,(H,15,17). The van der Waals surface area contributed by atoms with Gasteiger partial charge in [-0.15, -0.1) is 5.10 Å². The molecule has 3 rings (SSSR count). The van der Waals surface area contributed by atoms with Crippen LogP contribution in [0.15, 0.2) is 18.3 Å². The molecule has 0 spiro atoms. The van der Waals surface area contributed by atoms with Crippen molar-refractivity contribution in [3.63, 3.8) is 0 Å². The van der Waals surface area contributed by atoms with Crippen molar-refractivity contribution < 1.29 is 0 Å². The molecule has 0 saturated heterocycles. The topological polar surface area (TPSA) is 42.2 Å². The monoisotopic (exact) mass is 264 g/mol. The summed E-state index contributed by atoms with van der Waals surface area (Å²) < 4.78 is 1.72. The number of anilines is 1. The summed E-state index contributed by atoms with van der Waals surface area (Å²) in [6.07, 6.45) is 9.53. The lowest BCUT2D eigenvalue weighted by atomic mass is 10.1. The molecule has 0 unspecified atom stereocenters. The second-order valence-electron chi connectivity index (χ2n) is 4.92. The van der Waals surface area contributed by atoms with Crippen LogP contribution < -0.4 is 5.32 Å². The van der Waals surface area contributed by atoms with Crippen LogP contribution in [0.25, 0.3) is 5.65 Å². The number of hydrogen-bond donors (Lipinski definition) is 1. The Morgan fingerprint density at radius 1 is 1.17 bits per heavy atom. The van der Waals surface area contributed by atoms with E-state index in [1.165, 1.54) is 38.5 Å². The van der Waals surface area contributed by atoms with Crippen LogP contribution in [-0.2, 0) is 0 Å². The molecule has 4 nitrogen and oxygen atoms in total. The number of nitrogens with zero attached hydrogens (tertiary/aromatic N) is 3. The molecule has 0 aromatic carbocycles. The van der Waals surface area contributed by atoms with Crippen molar-refractivity contribution in [3.05, 3.63) is 23.4 Å². The summed E-state index contributed by atoms with van der Waals surface area (Å²) in [5, 5.41) is 8.53. The molecule has 1 N–H and O–H groups in total. The molecule has 2 heterocycles. The van der Waals surface area contributed by atoms with Gasteiger partial charge in [0.25, 0.3) is 0 Å². The summed E-state index contributed by atoms with van der Waals surface area (Å²) in [5.74, 6) is 0.712. The molecule has 2 aromatic rings. The Bertz CT molecular complexity index is 529. The van der Waals surface area contributed by atoms with Crippen LogP contribution in [0, 0.1) is 0 Å². The van der Waals surface area contributed by atoms with Gasteiger partial charge in [0.15, 0.2) is 5.65 Å². The predicted octanol–water partition coefficient (Wildman–Crippen LogP) is 3.52. The third kappa shape index (κ3) is 2.58. The summed E-state index contributed by atoms with van der Waals surface area (Å²) >= 11 is 5.93. The Morgan fingerprint density at radius 2 is 1.94 bits per heavy atom. The second kappa shape index (κ2) is 5.14. The Morgan fingerprint density at radius 3 is 2.72 bits per heavy atom. The Hall–Kier alpha value is -1.29. The largest absolute Gasteiger partial charge is 0.350 e. The van der Waals surface area contributed by atoms with E-state index in [9.17, 15) is 0 Å². The number of aromatic nitrogens is 3. The number of nitrogens with one attached hydrogen (secondary N) is 1. The van der Waals surface area contributed by atoms with Crippen LogP contribution in [0.3, 0.4) is 0 Å². The maximum Gasteiger partial charge on any atom is 0.243 e. The van der Waals surface area contributed by atoms with Crippen molar-refractivity contribution in [1.29, 1.82) is 0 Å². The van der Waals surface area contributed by atoms with Gasteiger partial charge in [-0.25, -0.2) is 4.52 Å². The van der Waals surface area contributed by atoms with Crippen molar-refractivity contribution in [2.45, 2.75) is 44.6 Å². The van der Waals surface area contributed by atoms with Crippen LogP contribution in [0.4, 0.5) is 5.95 Å². The summed E-state index contributed by atoms with van der Waals surface area (Å²) in [6, 6.07) is 4.23. The lowest BCUT2D eigenvalue weighted by Gasteiger charge is -2.13. The van der Waals surface area contributed by atoms with E-state index < -0.39 is 0 Å². The van der Waals surface area contributed by atoms with E-state index in [4.69, 9.17) is 11.6 Å². The van der Waals surface area contributed by atoms with Gasteiger partial charge in [0, 0.05) is 12.2 Å². The molecule has 18 heavy (non-hydrogen) atoms. The summed E-state index contributed by atoms with van der Waals surface area (Å²) in [5.41, 5.74) is 0.829. The van der Waals surface area contributed by atoms with E-state index in [-0.39, 0.29) is 0 Å². The van der Waals surface area contributed by atoms with Crippen LogP contribution in [0.5, 0.6) is 0 Å². The lowest BCUT2D eigenvalue weighted by Crippen LogP contribution is -2.19. The normalized spacial score (nSPS) is 17.8. The molecule has 0 atom stereocenters. The molecule has 0 radical (unpaired) electrons. The molecule has 5 heteroatoms. The van der Waals surface area contributed by atoms with Crippen molar-refractivity contribution in [3.8, 4) is 0 Å². The van der Waals surface area contributed by atoms with Crippen LogP contribution >= 0.6 is 11.6 Å². The zero-order valence-electron chi connectivity index (χ0n) is 10.3. The van der Waals surface area contributed by atoms with Crippen LogP contribution in [0.2, 0.25) is 5.02 Å². The van der Waals surface area contributed by atoms with Gasteiger partial charge in [-0.1, -0.05) is 37.3 Å². The van der Waals surface area contributed by atoms with E-state index in [1.54, 1.807) is 10.7 Å². The molecule has 96 valence electrons. The van der Waals surface area contributed by atoms with E-state index in [0.717, 1.165) is 5.65 Å². The van der Waals surface area contributed by atoms with Crippen molar-refractivity contribution in [2.75, 3.05) is 5.32 Å². The first-order valence-corrected chi connectivity index (χ1v) is 6.97. The fraction of sp³-hybridized carbons (Fsp3) is 0.538. The van der Waals surface area contributed by atoms with Crippen molar-refractivity contribution >= 4 is 23.2 Å². The third-order valence-corrected chi connectivity index (χ3v) is 3.71. The van der Waals surface area contributed by atoms with Gasteiger partial charge >= 0.3 is 0 Å². The van der Waals surface area contributed by atoms with E-state index >= 15 is 0 Å². The highest BCUT2D eigenvalue weighted by Gasteiger charge is 2.14. The molecule has 1 saturated carbocycles. The minimum absolute atomic E-state index is 0.514. The highest BCUT2D eigenvalue weighted by atomic mass is 35.5.